The first-order valence-electron chi connectivity index (χ1n) is 7.27. The number of aromatic nitrogens is 1. The molecule has 0 radical (unpaired) electrons. The van der Waals surface area contributed by atoms with E-state index in [9.17, 15) is 9.59 Å². The summed E-state index contributed by atoms with van der Waals surface area (Å²) in [4.78, 5) is 24.6. The van der Waals surface area contributed by atoms with Crippen LogP contribution in [-0.4, -0.2) is 10.5 Å². The minimum absolute atomic E-state index is 0.153. The van der Waals surface area contributed by atoms with Crippen LogP contribution in [0.4, 0.5) is 5.69 Å². The van der Waals surface area contributed by atoms with Gasteiger partial charge in [0.1, 0.15) is 0 Å². The molecule has 0 unspecified atom stereocenters. The van der Waals surface area contributed by atoms with Crippen molar-refractivity contribution in [3.63, 3.8) is 0 Å². The second-order valence-corrected chi connectivity index (χ2v) is 5.24. The van der Waals surface area contributed by atoms with Gasteiger partial charge in [-0.3, -0.25) is 9.59 Å². The molecular formula is C19H16N2O2. The SMILES string of the molecule is Cn1cc(C(=O)Nc2ccccc2)c(-c2ccccc2)cc1=O. The molecule has 1 N–H and O–H groups in total. The molecule has 0 bridgehead atoms. The normalized spacial score (nSPS) is 10.3. The summed E-state index contributed by atoms with van der Waals surface area (Å²) in [7, 11) is 1.64. The predicted octanol–water partition coefficient (Wildman–Crippen LogP) is 3.30. The van der Waals surface area contributed by atoms with Crippen LogP contribution in [0.2, 0.25) is 0 Å². The number of para-hydroxylation sites is 1. The van der Waals surface area contributed by atoms with E-state index in [0.717, 1.165) is 5.56 Å². The lowest BCUT2D eigenvalue weighted by Crippen LogP contribution is -2.21. The molecule has 0 saturated heterocycles. The highest BCUT2D eigenvalue weighted by Gasteiger charge is 2.15. The van der Waals surface area contributed by atoms with Gasteiger partial charge in [-0.25, -0.2) is 0 Å². The van der Waals surface area contributed by atoms with Crippen LogP contribution in [-0.2, 0) is 7.05 Å². The summed E-state index contributed by atoms with van der Waals surface area (Å²) >= 11 is 0. The van der Waals surface area contributed by atoms with E-state index in [4.69, 9.17) is 0 Å². The van der Waals surface area contributed by atoms with Crippen molar-refractivity contribution in [2.75, 3.05) is 5.32 Å². The second-order valence-electron chi connectivity index (χ2n) is 5.24. The molecule has 0 spiro atoms. The summed E-state index contributed by atoms with van der Waals surface area (Å²) in [6.45, 7) is 0. The van der Waals surface area contributed by atoms with E-state index in [1.54, 1.807) is 13.2 Å². The third-order valence-electron chi connectivity index (χ3n) is 3.59. The zero-order valence-corrected chi connectivity index (χ0v) is 12.7. The Morgan fingerprint density at radius 3 is 2.22 bits per heavy atom. The largest absolute Gasteiger partial charge is 0.322 e. The van der Waals surface area contributed by atoms with Crippen LogP contribution in [0.15, 0.2) is 77.7 Å². The van der Waals surface area contributed by atoms with Gasteiger partial charge in [-0.15, -0.1) is 0 Å². The smallest absolute Gasteiger partial charge is 0.257 e. The number of carbonyl (C=O) groups excluding carboxylic acids is 1. The summed E-state index contributed by atoms with van der Waals surface area (Å²) in [5.74, 6) is -0.245. The first kappa shape index (κ1) is 14.8. The highest BCUT2D eigenvalue weighted by Crippen LogP contribution is 2.22. The lowest BCUT2D eigenvalue weighted by atomic mass is 10.0. The molecule has 3 rings (SSSR count). The summed E-state index contributed by atoms with van der Waals surface area (Å²) < 4.78 is 1.41. The number of nitrogens with one attached hydrogen (secondary N) is 1. The minimum Gasteiger partial charge on any atom is -0.322 e. The molecule has 4 heteroatoms. The molecule has 1 aromatic heterocycles. The average molecular weight is 304 g/mol. The third kappa shape index (κ3) is 3.21. The van der Waals surface area contributed by atoms with Crippen molar-refractivity contribution in [2.24, 2.45) is 7.05 Å². The van der Waals surface area contributed by atoms with Crippen LogP contribution in [0.3, 0.4) is 0 Å². The topological polar surface area (TPSA) is 51.1 Å². The molecule has 0 aliphatic carbocycles. The van der Waals surface area contributed by atoms with Gasteiger partial charge in [0, 0.05) is 30.6 Å². The van der Waals surface area contributed by atoms with E-state index in [0.29, 0.717) is 16.8 Å². The molecular weight excluding hydrogens is 288 g/mol. The van der Waals surface area contributed by atoms with Gasteiger partial charge in [0.05, 0.1) is 5.56 Å². The van der Waals surface area contributed by atoms with Crippen molar-refractivity contribution in [1.82, 2.24) is 4.57 Å². The number of anilines is 1. The molecule has 4 nitrogen and oxygen atoms in total. The second kappa shape index (κ2) is 6.32. The quantitative estimate of drug-likeness (QED) is 0.807. The molecule has 114 valence electrons. The molecule has 1 amide bonds. The molecule has 3 aromatic rings. The van der Waals surface area contributed by atoms with E-state index in [-0.39, 0.29) is 11.5 Å². The van der Waals surface area contributed by atoms with Crippen molar-refractivity contribution in [3.05, 3.63) is 88.8 Å². The highest BCUT2D eigenvalue weighted by molar-refractivity contribution is 6.08. The monoisotopic (exact) mass is 304 g/mol. The van der Waals surface area contributed by atoms with E-state index >= 15 is 0 Å². The summed E-state index contributed by atoms with van der Waals surface area (Å²) in [6.07, 6.45) is 1.57. The molecule has 2 aromatic carbocycles. The number of benzene rings is 2. The lowest BCUT2D eigenvalue weighted by Gasteiger charge is -2.12. The Labute approximate surface area is 134 Å². The number of carbonyl (C=O) groups is 1. The van der Waals surface area contributed by atoms with Crippen molar-refractivity contribution >= 4 is 11.6 Å². The number of hydrogen-bond donors (Lipinski definition) is 1. The van der Waals surface area contributed by atoms with Crippen LogP contribution in [0.5, 0.6) is 0 Å². The van der Waals surface area contributed by atoms with Crippen LogP contribution in [0.1, 0.15) is 10.4 Å². The zero-order chi connectivity index (χ0) is 16.2. The van der Waals surface area contributed by atoms with Crippen LogP contribution < -0.4 is 10.9 Å². The third-order valence-corrected chi connectivity index (χ3v) is 3.59. The maximum Gasteiger partial charge on any atom is 0.257 e. The minimum atomic E-state index is -0.245. The van der Waals surface area contributed by atoms with Gasteiger partial charge in [-0.05, 0) is 17.7 Å². The van der Waals surface area contributed by atoms with E-state index in [1.807, 2.05) is 60.7 Å². The summed E-state index contributed by atoms with van der Waals surface area (Å²) in [5.41, 5.74) is 2.48. The highest BCUT2D eigenvalue weighted by atomic mass is 16.2. The molecule has 0 aliphatic rings. The molecule has 0 aliphatic heterocycles. The molecule has 0 atom stereocenters. The van der Waals surface area contributed by atoms with Crippen molar-refractivity contribution < 1.29 is 4.79 Å². The standard InChI is InChI=1S/C19H16N2O2/c1-21-13-17(19(23)20-15-10-6-3-7-11-15)16(12-18(21)22)14-8-4-2-5-9-14/h2-13H,1H3,(H,20,23). The Bertz CT molecular complexity index is 884. The van der Waals surface area contributed by atoms with Gasteiger partial charge < -0.3 is 9.88 Å². The van der Waals surface area contributed by atoms with Gasteiger partial charge in [0.15, 0.2) is 0 Å². The Hall–Kier alpha value is -3.14. The number of pyridine rings is 1. The maximum atomic E-state index is 12.6. The maximum absolute atomic E-state index is 12.6. The Morgan fingerprint density at radius 2 is 1.57 bits per heavy atom. The fraction of sp³-hybridized carbons (Fsp3) is 0.0526. The number of aryl methyl sites for hydroxylation is 1. The van der Waals surface area contributed by atoms with E-state index < -0.39 is 0 Å². The van der Waals surface area contributed by atoms with E-state index in [1.165, 1.54) is 10.6 Å². The van der Waals surface area contributed by atoms with Crippen molar-refractivity contribution in [1.29, 1.82) is 0 Å². The summed E-state index contributed by atoms with van der Waals surface area (Å²) in [6, 6.07) is 20.2. The van der Waals surface area contributed by atoms with Crippen molar-refractivity contribution in [3.8, 4) is 11.1 Å². The van der Waals surface area contributed by atoms with Gasteiger partial charge in [0.25, 0.3) is 11.5 Å². The summed E-state index contributed by atoms with van der Waals surface area (Å²) in [5, 5.41) is 2.86. The number of nitrogens with zero attached hydrogens (tertiary/aromatic N) is 1. The van der Waals surface area contributed by atoms with Gasteiger partial charge in [-0.1, -0.05) is 48.5 Å². The average Bonchev–Trinajstić information content (AvgIpc) is 2.58. The molecule has 0 saturated carbocycles. The fourth-order valence-electron chi connectivity index (χ4n) is 2.39. The van der Waals surface area contributed by atoms with Crippen LogP contribution in [0.25, 0.3) is 11.1 Å². The van der Waals surface area contributed by atoms with E-state index in [2.05, 4.69) is 5.32 Å². The molecule has 1 heterocycles. The molecule has 23 heavy (non-hydrogen) atoms. The van der Waals surface area contributed by atoms with Crippen LogP contribution >= 0.6 is 0 Å². The van der Waals surface area contributed by atoms with Crippen molar-refractivity contribution in [2.45, 2.75) is 0 Å². The number of amides is 1. The van der Waals surface area contributed by atoms with Gasteiger partial charge in [0.2, 0.25) is 0 Å². The number of hydrogen-bond acceptors (Lipinski definition) is 2. The fourth-order valence-corrected chi connectivity index (χ4v) is 2.39. The van der Waals surface area contributed by atoms with Crippen LogP contribution in [0, 0.1) is 0 Å². The van der Waals surface area contributed by atoms with Gasteiger partial charge in [-0.2, -0.15) is 0 Å². The Morgan fingerprint density at radius 1 is 0.957 bits per heavy atom. The first-order chi connectivity index (χ1) is 11.1. The molecule has 0 fully saturated rings. The zero-order valence-electron chi connectivity index (χ0n) is 12.7. The number of rotatable bonds is 3. The Kier molecular flexibility index (Phi) is 4.06. The first-order valence-corrected chi connectivity index (χ1v) is 7.27. The van der Waals surface area contributed by atoms with Gasteiger partial charge >= 0.3 is 0 Å². The Balaban J connectivity index is 2.06. The lowest BCUT2D eigenvalue weighted by molar-refractivity contribution is 0.102. The predicted molar refractivity (Wildman–Crippen MR) is 91.5 cm³/mol.